The van der Waals surface area contributed by atoms with Crippen LogP contribution in [0.5, 0.6) is 0 Å². The number of hydrogen-bond acceptors (Lipinski definition) is 2. The van der Waals surface area contributed by atoms with Gasteiger partial charge in [0.05, 0.1) is 5.69 Å². The SMILES string of the molecule is Ic1nc(CCc2ccc(-c3ccccn3)cc2)[nH]c1I. The van der Waals surface area contributed by atoms with Gasteiger partial charge >= 0.3 is 0 Å². The lowest BCUT2D eigenvalue weighted by Gasteiger charge is -2.03. The number of hydrogen-bond donors (Lipinski definition) is 1. The van der Waals surface area contributed by atoms with Gasteiger partial charge in [-0.2, -0.15) is 0 Å². The molecule has 0 unspecified atom stereocenters. The Morgan fingerprint density at radius 2 is 1.76 bits per heavy atom. The zero-order valence-electron chi connectivity index (χ0n) is 11.2. The van der Waals surface area contributed by atoms with Crippen molar-refractivity contribution in [2.75, 3.05) is 0 Å². The highest BCUT2D eigenvalue weighted by Crippen LogP contribution is 2.18. The number of aromatic nitrogens is 3. The Hall–Kier alpha value is -0.960. The fourth-order valence-electron chi connectivity index (χ4n) is 2.13. The molecule has 0 fully saturated rings. The number of nitrogens with one attached hydrogen (secondary N) is 1. The molecule has 1 N–H and O–H groups in total. The number of pyridine rings is 1. The van der Waals surface area contributed by atoms with Gasteiger partial charge in [-0.15, -0.1) is 0 Å². The first-order chi connectivity index (χ1) is 10.2. The molecule has 0 aliphatic rings. The van der Waals surface area contributed by atoms with Gasteiger partial charge in [0.25, 0.3) is 0 Å². The van der Waals surface area contributed by atoms with Crippen LogP contribution in [0.4, 0.5) is 0 Å². The fourth-order valence-corrected chi connectivity index (χ4v) is 2.99. The van der Waals surface area contributed by atoms with Gasteiger partial charge in [-0.05, 0) is 69.3 Å². The smallest absolute Gasteiger partial charge is 0.133 e. The summed E-state index contributed by atoms with van der Waals surface area (Å²) in [5, 5.41) is 0. The summed E-state index contributed by atoms with van der Waals surface area (Å²) < 4.78 is 2.17. The number of nitrogens with zero attached hydrogens (tertiary/aromatic N) is 2. The second kappa shape index (κ2) is 6.87. The van der Waals surface area contributed by atoms with Crippen LogP contribution in [0.1, 0.15) is 11.4 Å². The van der Waals surface area contributed by atoms with Crippen LogP contribution >= 0.6 is 45.2 Å². The maximum absolute atomic E-state index is 4.50. The van der Waals surface area contributed by atoms with Crippen molar-refractivity contribution in [3.63, 3.8) is 0 Å². The van der Waals surface area contributed by atoms with E-state index >= 15 is 0 Å². The summed E-state index contributed by atoms with van der Waals surface area (Å²) in [5.74, 6) is 1.05. The van der Waals surface area contributed by atoms with E-state index in [-0.39, 0.29) is 0 Å². The topological polar surface area (TPSA) is 41.6 Å². The molecule has 0 atom stereocenters. The Balaban J connectivity index is 1.67. The minimum absolute atomic E-state index is 0.932. The first kappa shape index (κ1) is 15.0. The van der Waals surface area contributed by atoms with Crippen LogP contribution < -0.4 is 0 Å². The van der Waals surface area contributed by atoms with E-state index in [2.05, 4.69) is 84.4 Å². The number of H-pyrrole nitrogens is 1. The molecule has 3 rings (SSSR count). The third kappa shape index (κ3) is 3.82. The lowest BCUT2D eigenvalue weighted by molar-refractivity contribution is 0.881. The minimum Gasteiger partial charge on any atom is -0.337 e. The molecule has 0 saturated heterocycles. The highest BCUT2D eigenvalue weighted by molar-refractivity contribution is 14.1. The normalized spacial score (nSPS) is 10.8. The predicted molar refractivity (Wildman–Crippen MR) is 101 cm³/mol. The van der Waals surface area contributed by atoms with Crippen molar-refractivity contribution in [2.45, 2.75) is 12.8 Å². The summed E-state index contributed by atoms with van der Waals surface area (Å²) in [6, 6.07) is 14.6. The van der Waals surface area contributed by atoms with E-state index in [1.807, 2.05) is 24.4 Å². The summed E-state index contributed by atoms with van der Waals surface area (Å²) in [5.41, 5.74) is 3.48. The van der Waals surface area contributed by atoms with Crippen LogP contribution in [0.25, 0.3) is 11.3 Å². The third-order valence-corrected chi connectivity index (χ3v) is 5.83. The monoisotopic (exact) mass is 501 g/mol. The van der Waals surface area contributed by atoms with Crippen molar-refractivity contribution in [1.82, 2.24) is 15.0 Å². The van der Waals surface area contributed by atoms with Gasteiger partial charge in [0.15, 0.2) is 0 Å². The van der Waals surface area contributed by atoms with E-state index in [1.54, 1.807) is 0 Å². The summed E-state index contributed by atoms with van der Waals surface area (Å²) in [6.07, 6.45) is 3.74. The van der Waals surface area contributed by atoms with Gasteiger partial charge in [0.2, 0.25) is 0 Å². The molecule has 1 aromatic carbocycles. The van der Waals surface area contributed by atoms with E-state index < -0.39 is 0 Å². The Kier molecular flexibility index (Phi) is 4.89. The molecule has 0 aliphatic heterocycles. The van der Waals surface area contributed by atoms with Crippen molar-refractivity contribution < 1.29 is 0 Å². The third-order valence-electron chi connectivity index (χ3n) is 3.23. The van der Waals surface area contributed by atoms with Crippen LogP contribution in [0.3, 0.4) is 0 Å². The van der Waals surface area contributed by atoms with E-state index in [0.29, 0.717) is 0 Å². The quantitative estimate of drug-likeness (QED) is 0.537. The zero-order valence-corrected chi connectivity index (χ0v) is 15.5. The second-order valence-corrected chi connectivity index (χ2v) is 6.80. The van der Waals surface area contributed by atoms with Crippen LogP contribution in [0.2, 0.25) is 0 Å². The molecule has 21 heavy (non-hydrogen) atoms. The molecule has 0 saturated carbocycles. The highest BCUT2D eigenvalue weighted by atomic mass is 127. The fraction of sp³-hybridized carbons (Fsp3) is 0.125. The predicted octanol–water partition coefficient (Wildman–Crippen LogP) is 4.47. The van der Waals surface area contributed by atoms with E-state index in [4.69, 9.17) is 0 Å². The molecule has 5 heteroatoms. The number of imidazole rings is 1. The highest BCUT2D eigenvalue weighted by Gasteiger charge is 2.05. The van der Waals surface area contributed by atoms with Gasteiger partial charge in [0.1, 0.15) is 13.2 Å². The number of aryl methyl sites for hydroxylation is 2. The lowest BCUT2D eigenvalue weighted by atomic mass is 10.1. The molecule has 3 aromatic rings. The number of benzene rings is 1. The maximum atomic E-state index is 4.50. The largest absolute Gasteiger partial charge is 0.337 e. The van der Waals surface area contributed by atoms with E-state index in [0.717, 1.165) is 37.3 Å². The number of aromatic amines is 1. The molecule has 0 radical (unpaired) electrons. The Bertz CT molecular complexity index is 702. The van der Waals surface area contributed by atoms with Gasteiger partial charge in [-0.3, -0.25) is 4.98 Å². The number of rotatable bonds is 4. The Labute approximate surface area is 150 Å². The van der Waals surface area contributed by atoms with Crippen molar-refractivity contribution in [2.24, 2.45) is 0 Å². The van der Waals surface area contributed by atoms with Gasteiger partial charge in [-0.25, -0.2) is 4.98 Å². The molecule has 0 bridgehead atoms. The van der Waals surface area contributed by atoms with Gasteiger partial charge < -0.3 is 4.98 Å². The lowest BCUT2D eigenvalue weighted by Crippen LogP contribution is -1.94. The van der Waals surface area contributed by atoms with E-state index in [1.165, 1.54) is 5.56 Å². The first-order valence-electron chi connectivity index (χ1n) is 6.62. The van der Waals surface area contributed by atoms with E-state index in [9.17, 15) is 0 Å². The standard InChI is InChI=1S/C16H13I2N3/c17-15-16(18)21-14(20-15)9-6-11-4-7-12(8-5-11)13-3-1-2-10-19-13/h1-5,7-8,10H,6,9H2,(H,20,21). The van der Waals surface area contributed by atoms with Crippen LogP contribution in [-0.2, 0) is 12.8 Å². The van der Waals surface area contributed by atoms with Crippen molar-refractivity contribution in [1.29, 1.82) is 0 Å². The van der Waals surface area contributed by atoms with Crippen LogP contribution in [0, 0.1) is 7.40 Å². The van der Waals surface area contributed by atoms with Crippen LogP contribution in [0.15, 0.2) is 48.7 Å². The van der Waals surface area contributed by atoms with Crippen molar-refractivity contribution >= 4 is 45.2 Å². The average molecular weight is 501 g/mol. The minimum atomic E-state index is 0.932. The summed E-state index contributed by atoms with van der Waals surface area (Å²) >= 11 is 4.53. The summed E-state index contributed by atoms with van der Waals surface area (Å²) in [6.45, 7) is 0. The molecule has 2 aromatic heterocycles. The summed E-state index contributed by atoms with van der Waals surface area (Å²) in [4.78, 5) is 12.2. The van der Waals surface area contributed by atoms with Crippen molar-refractivity contribution in [3.8, 4) is 11.3 Å². The average Bonchev–Trinajstić information content (AvgIpc) is 2.85. The van der Waals surface area contributed by atoms with Gasteiger partial charge in [0, 0.05) is 18.2 Å². The number of halogens is 2. The summed E-state index contributed by atoms with van der Waals surface area (Å²) in [7, 11) is 0. The first-order valence-corrected chi connectivity index (χ1v) is 8.78. The Morgan fingerprint density at radius 1 is 0.952 bits per heavy atom. The molecular weight excluding hydrogens is 488 g/mol. The molecule has 2 heterocycles. The maximum Gasteiger partial charge on any atom is 0.133 e. The van der Waals surface area contributed by atoms with Gasteiger partial charge in [-0.1, -0.05) is 30.3 Å². The van der Waals surface area contributed by atoms with Crippen molar-refractivity contribution in [3.05, 3.63) is 67.5 Å². The molecule has 0 amide bonds. The molecule has 106 valence electrons. The molecular formula is C16H13I2N3. The zero-order chi connectivity index (χ0) is 14.7. The molecule has 0 spiro atoms. The molecule has 0 aliphatic carbocycles. The Morgan fingerprint density at radius 3 is 2.38 bits per heavy atom. The molecule has 3 nitrogen and oxygen atoms in total. The van der Waals surface area contributed by atoms with Crippen LogP contribution in [-0.4, -0.2) is 15.0 Å². The second-order valence-electron chi connectivity index (χ2n) is 4.70.